The molecule has 1 aliphatic carbocycles. The monoisotopic (exact) mass is 293 g/mol. The van der Waals surface area contributed by atoms with Gasteiger partial charge in [-0.05, 0) is 24.7 Å². The van der Waals surface area contributed by atoms with Crippen molar-refractivity contribution in [2.75, 3.05) is 6.54 Å². The predicted octanol–water partition coefficient (Wildman–Crippen LogP) is 0.210. The number of rotatable bonds is 3. The maximum atomic E-state index is 12.3. The molecule has 8 heteroatoms. The Labute approximate surface area is 122 Å². The van der Waals surface area contributed by atoms with Gasteiger partial charge in [-0.1, -0.05) is 6.42 Å². The molecule has 2 N–H and O–H groups in total. The van der Waals surface area contributed by atoms with Crippen molar-refractivity contribution in [3.63, 3.8) is 0 Å². The molecule has 0 aromatic carbocycles. The number of hydrogen-bond acceptors (Lipinski definition) is 4. The Hall–Kier alpha value is -2.12. The predicted molar refractivity (Wildman–Crippen MR) is 72.2 cm³/mol. The van der Waals surface area contributed by atoms with Gasteiger partial charge in [-0.25, -0.2) is 9.59 Å². The molecule has 1 aliphatic heterocycles. The Kier molecular flexibility index (Phi) is 3.52. The third-order valence-electron chi connectivity index (χ3n) is 4.61. The lowest BCUT2D eigenvalue weighted by Gasteiger charge is -2.24. The van der Waals surface area contributed by atoms with E-state index in [1.54, 1.807) is 17.9 Å². The molecule has 1 saturated heterocycles. The van der Waals surface area contributed by atoms with Gasteiger partial charge in [-0.15, -0.1) is 10.2 Å². The van der Waals surface area contributed by atoms with Gasteiger partial charge in [0.2, 0.25) is 0 Å². The van der Waals surface area contributed by atoms with Gasteiger partial charge in [-0.2, -0.15) is 0 Å². The first-order chi connectivity index (χ1) is 10.1. The molecule has 0 bridgehead atoms. The SMILES string of the molecule is Cn1cnnc1CNC(=O)N1CC2CCCC2C1C(=O)O. The molecule has 8 nitrogen and oxygen atoms in total. The summed E-state index contributed by atoms with van der Waals surface area (Å²) in [7, 11) is 1.79. The Morgan fingerprint density at radius 1 is 1.48 bits per heavy atom. The van der Waals surface area contributed by atoms with Crippen LogP contribution in [0.25, 0.3) is 0 Å². The lowest BCUT2D eigenvalue weighted by molar-refractivity contribution is -0.142. The summed E-state index contributed by atoms with van der Waals surface area (Å²) in [6, 6.07) is -1.03. The smallest absolute Gasteiger partial charge is 0.326 e. The number of aromatic nitrogens is 3. The summed E-state index contributed by atoms with van der Waals surface area (Å²) in [4.78, 5) is 25.3. The van der Waals surface area contributed by atoms with Crippen LogP contribution in [0, 0.1) is 11.8 Å². The van der Waals surface area contributed by atoms with E-state index in [4.69, 9.17) is 0 Å². The largest absolute Gasteiger partial charge is 0.480 e. The van der Waals surface area contributed by atoms with Gasteiger partial charge >= 0.3 is 12.0 Å². The summed E-state index contributed by atoms with van der Waals surface area (Å²) in [6.45, 7) is 0.778. The van der Waals surface area contributed by atoms with Crippen LogP contribution >= 0.6 is 0 Å². The molecule has 3 atom stereocenters. The number of aliphatic carboxylic acids is 1. The summed E-state index contributed by atoms with van der Waals surface area (Å²) < 4.78 is 1.72. The first-order valence-corrected chi connectivity index (χ1v) is 7.18. The van der Waals surface area contributed by atoms with Crippen LogP contribution in [0.5, 0.6) is 0 Å². The van der Waals surface area contributed by atoms with E-state index in [-0.39, 0.29) is 18.5 Å². The number of carboxylic acids is 1. The summed E-state index contributed by atoms with van der Waals surface area (Å²) in [5.74, 6) is 0.155. The molecule has 2 aliphatic rings. The highest BCUT2D eigenvalue weighted by Gasteiger charge is 2.49. The van der Waals surface area contributed by atoms with Crippen LogP contribution in [0.4, 0.5) is 4.79 Å². The Balaban J connectivity index is 1.66. The summed E-state index contributed by atoms with van der Waals surface area (Å²) >= 11 is 0. The van der Waals surface area contributed by atoms with E-state index in [2.05, 4.69) is 15.5 Å². The number of amides is 2. The number of nitrogens with zero attached hydrogens (tertiary/aromatic N) is 4. The van der Waals surface area contributed by atoms with Gasteiger partial charge in [-0.3, -0.25) is 0 Å². The van der Waals surface area contributed by atoms with E-state index >= 15 is 0 Å². The van der Waals surface area contributed by atoms with Crippen LogP contribution in [0.3, 0.4) is 0 Å². The highest BCUT2D eigenvalue weighted by Crippen LogP contribution is 2.42. The van der Waals surface area contributed by atoms with Crippen LogP contribution in [0.15, 0.2) is 6.33 Å². The minimum absolute atomic E-state index is 0.100. The molecule has 114 valence electrons. The minimum atomic E-state index is -0.904. The Morgan fingerprint density at radius 2 is 2.29 bits per heavy atom. The molecular formula is C13H19N5O3. The molecule has 0 spiro atoms. The number of carboxylic acid groups (broad SMARTS) is 1. The van der Waals surface area contributed by atoms with Crippen molar-refractivity contribution in [1.29, 1.82) is 0 Å². The number of nitrogens with one attached hydrogen (secondary N) is 1. The molecule has 2 fully saturated rings. The number of hydrogen-bond donors (Lipinski definition) is 2. The lowest BCUT2D eigenvalue weighted by atomic mass is 9.94. The fraction of sp³-hybridized carbons (Fsp3) is 0.692. The van der Waals surface area contributed by atoms with Crippen molar-refractivity contribution in [2.45, 2.75) is 31.8 Å². The summed E-state index contributed by atoms with van der Waals surface area (Å²) in [6.07, 6.45) is 4.53. The van der Waals surface area contributed by atoms with Crippen molar-refractivity contribution in [2.24, 2.45) is 18.9 Å². The molecule has 1 saturated carbocycles. The van der Waals surface area contributed by atoms with E-state index in [0.717, 1.165) is 19.3 Å². The first-order valence-electron chi connectivity index (χ1n) is 7.18. The standard InChI is InChI=1S/C13H19N5O3/c1-17-7-15-16-10(17)5-14-13(21)18-6-8-3-2-4-9(8)11(18)12(19)20/h7-9,11H,2-6H2,1H3,(H,14,21)(H,19,20). The van der Waals surface area contributed by atoms with Gasteiger partial charge in [0.1, 0.15) is 12.4 Å². The maximum Gasteiger partial charge on any atom is 0.326 e. The Morgan fingerprint density at radius 3 is 2.95 bits per heavy atom. The van der Waals surface area contributed by atoms with E-state index in [9.17, 15) is 14.7 Å². The van der Waals surface area contributed by atoms with Gasteiger partial charge in [0.25, 0.3) is 0 Å². The summed E-state index contributed by atoms with van der Waals surface area (Å²) in [5, 5.41) is 19.8. The number of carbonyl (C=O) groups excluding carboxylic acids is 1. The van der Waals surface area contributed by atoms with Gasteiger partial charge < -0.3 is 19.9 Å². The summed E-state index contributed by atoms with van der Waals surface area (Å²) in [5.41, 5.74) is 0. The lowest BCUT2D eigenvalue weighted by Crippen LogP contribution is -2.47. The number of fused-ring (bicyclic) bond motifs is 1. The van der Waals surface area contributed by atoms with Crippen LogP contribution in [0.1, 0.15) is 25.1 Å². The zero-order valence-electron chi connectivity index (χ0n) is 11.9. The number of carbonyl (C=O) groups is 2. The third-order valence-corrected chi connectivity index (χ3v) is 4.61. The molecule has 2 heterocycles. The van der Waals surface area contributed by atoms with Crippen molar-refractivity contribution < 1.29 is 14.7 Å². The van der Waals surface area contributed by atoms with Crippen molar-refractivity contribution in [1.82, 2.24) is 25.0 Å². The van der Waals surface area contributed by atoms with Crippen molar-refractivity contribution in [3.8, 4) is 0 Å². The quantitative estimate of drug-likeness (QED) is 0.829. The highest BCUT2D eigenvalue weighted by atomic mass is 16.4. The van der Waals surface area contributed by atoms with Crippen molar-refractivity contribution >= 4 is 12.0 Å². The van der Waals surface area contributed by atoms with Gasteiger partial charge in [0.15, 0.2) is 5.82 Å². The first kappa shape index (κ1) is 13.8. The highest BCUT2D eigenvalue weighted by molar-refractivity contribution is 5.83. The number of likely N-dealkylation sites (tertiary alicyclic amines) is 1. The van der Waals surface area contributed by atoms with E-state index in [1.807, 2.05) is 0 Å². The average Bonchev–Trinajstić information content (AvgIpc) is 3.10. The molecule has 1 aromatic rings. The van der Waals surface area contributed by atoms with E-state index in [1.165, 1.54) is 4.90 Å². The molecule has 2 amide bonds. The fourth-order valence-electron chi connectivity index (χ4n) is 3.55. The van der Waals surface area contributed by atoms with Gasteiger partial charge in [0, 0.05) is 13.6 Å². The Bertz CT molecular complexity index is 558. The zero-order chi connectivity index (χ0) is 15.0. The molecule has 3 unspecified atom stereocenters. The average molecular weight is 293 g/mol. The van der Waals surface area contributed by atoms with Crippen LogP contribution in [-0.4, -0.2) is 49.4 Å². The normalized spacial score (nSPS) is 27.7. The molecule has 21 heavy (non-hydrogen) atoms. The van der Waals surface area contributed by atoms with E-state index < -0.39 is 12.0 Å². The van der Waals surface area contributed by atoms with Gasteiger partial charge in [0.05, 0.1) is 6.54 Å². The van der Waals surface area contributed by atoms with Crippen LogP contribution < -0.4 is 5.32 Å². The zero-order valence-corrected chi connectivity index (χ0v) is 11.9. The number of aryl methyl sites for hydroxylation is 1. The molecular weight excluding hydrogens is 274 g/mol. The topological polar surface area (TPSA) is 100 Å². The second-order valence-corrected chi connectivity index (χ2v) is 5.81. The minimum Gasteiger partial charge on any atom is -0.480 e. The van der Waals surface area contributed by atoms with Crippen LogP contribution in [0.2, 0.25) is 0 Å². The number of urea groups is 1. The maximum absolute atomic E-state index is 12.3. The third kappa shape index (κ3) is 2.45. The van der Waals surface area contributed by atoms with Crippen molar-refractivity contribution in [3.05, 3.63) is 12.2 Å². The van der Waals surface area contributed by atoms with Crippen LogP contribution in [-0.2, 0) is 18.4 Å². The second kappa shape index (κ2) is 5.34. The molecule has 0 radical (unpaired) electrons. The fourth-order valence-corrected chi connectivity index (χ4v) is 3.55. The van der Waals surface area contributed by atoms with E-state index in [0.29, 0.717) is 18.3 Å². The molecule has 3 rings (SSSR count). The molecule has 1 aromatic heterocycles. The second-order valence-electron chi connectivity index (χ2n) is 5.81.